The first-order valence-corrected chi connectivity index (χ1v) is 12.9. The van der Waals surface area contributed by atoms with Crippen molar-refractivity contribution >= 4 is 11.8 Å². The average molecular weight is 553 g/mol. The second-order valence-corrected chi connectivity index (χ2v) is 10.4. The molecule has 5 rings (SSSR count). The number of amides is 2. The van der Waals surface area contributed by atoms with Crippen LogP contribution in [0.15, 0.2) is 40.0 Å². The van der Waals surface area contributed by atoms with Gasteiger partial charge in [0.25, 0.3) is 11.8 Å². The average Bonchev–Trinajstić information content (AvgIpc) is 3.55. The van der Waals surface area contributed by atoms with E-state index in [9.17, 15) is 31.5 Å². The Bertz CT molecular complexity index is 1350. The largest absolute Gasteiger partial charge is 0.457 e. The van der Waals surface area contributed by atoms with Crippen LogP contribution >= 0.6 is 0 Å². The molecule has 210 valence electrons. The number of nitrogens with two attached hydrogens (primary N) is 1. The minimum absolute atomic E-state index is 0.0502. The molecule has 7 nitrogen and oxygen atoms in total. The van der Waals surface area contributed by atoms with E-state index in [2.05, 4.69) is 0 Å². The minimum atomic E-state index is -4.68. The van der Waals surface area contributed by atoms with E-state index in [1.54, 1.807) is 5.01 Å². The molecule has 2 unspecified atom stereocenters. The summed E-state index contributed by atoms with van der Waals surface area (Å²) in [7, 11) is 0. The van der Waals surface area contributed by atoms with Crippen LogP contribution in [0.4, 0.5) is 22.0 Å². The molecule has 2 N–H and O–H groups in total. The molecule has 4 heterocycles. The van der Waals surface area contributed by atoms with Crippen LogP contribution in [0, 0.1) is 18.6 Å². The third kappa shape index (κ3) is 4.58. The number of benzene rings is 1. The normalized spacial score (nSPS) is 23.9. The molecule has 1 aromatic carbocycles. The maximum Gasteiger partial charge on any atom is 0.449 e. The topological polar surface area (TPSA) is 82.8 Å². The highest BCUT2D eigenvalue weighted by molar-refractivity contribution is 6.20. The molecule has 0 bridgehead atoms. The summed E-state index contributed by atoms with van der Waals surface area (Å²) in [6.45, 7) is 3.57. The maximum absolute atomic E-state index is 14.6. The van der Waals surface area contributed by atoms with Crippen LogP contribution in [-0.4, -0.2) is 51.4 Å². The highest BCUT2D eigenvalue weighted by Crippen LogP contribution is 2.43. The van der Waals surface area contributed by atoms with Gasteiger partial charge in [-0.15, -0.1) is 0 Å². The number of hydrogen-bond acceptors (Lipinski definition) is 5. The fourth-order valence-electron chi connectivity index (χ4n) is 5.94. The van der Waals surface area contributed by atoms with Gasteiger partial charge in [-0.3, -0.25) is 14.6 Å². The van der Waals surface area contributed by atoms with Crippen LogP contribution < -0.4 is 5.73 Å². The van der Waals surface area contributed by atoms with E-state index >= 15 is 0 Å². The van der Waals surface area contributed by atoms with Gasteiger partial charge in [-0.1, -0.05) is 19.1 Å². The summed E-state index contributed by atoms with van der Waals surface area (Å²) in [4.78, 5) is 28.8. The molecule has 12 heteroatoms. The molecule has 39 heavy (non-hydrogen) atoms. The van der Waals surface area contributed by atoms with Gasteiger partial charge in [0.1, 0.15) is 11.3 Å². The first kappa shape index (κ1) is 27.2. The Labute approximate surface area is 222 Å². The lowest BCUT2D eigenvalue weighted by Crippen LogP contribution is -2.67. The van der Waals surface area contributed by atoms with Crippen molar-refractivity contribution < 1.29 is 36.0 Å². The summed E-state index contributed by atoms with van der Waals surface area (Å²) in [5.74, 6) is -4.55. The summed E-state index contributed by atoms with van der Waals surface area (Å²) in [6, 6.07) is 4.42. The third-order valence-corrected chi connectivity index (χ3v) is 7.99. The zero-order valence-electron chi connectivity index (χ0n) is 21.6. The predicted octanol–water partition coefficient (Wildman–Crippen LogP) is 4.44. The van der Waals surface area contributed by atoms with Gasteiger partial charge in [0, 0.05) is 29.9 Å². The molecule has 0 spiro atoms. The molecular formula is C27H29F5N4O3. The number of aryl methyl sites for hydroxylation is 1. The van der Waals surface area contributed by atoms with Crippen molar-refractivity contribution in [3.8, 4) is 0 Å². The van der Waals surface area contributed by atoms with Crippen molar-refractivity contribution in [2.75, 3.05) is 13.1 Å². The number of hydrogen-bond donors (Lipinski definition) is 1. The number of rotatable bonds is 6. The van der Waals surface area contributed by atoms with Crippen LogP contribution in [0.2, 0.25) is 0 Å². The van der Waals surface area contributed by atoms with E-state index in [1.807, 2.05) is 6.92 Å². The number of furan rings is 1. The van der Waals surface area contributed by atoms with E-state index in [4.69, 9.17) is 10.2 Å². The summed E-state index contributed by atoms with van der Waals surface area (Å²) in [5, 5.41) is 3.03. The Balaban J connectivity index is 1.46. The van der Waals surface area contributed by atoms with Crippen molar-refractivity contribution in [2.24, 2.45) is 5.73 Å². The molecule has 0 saturated carbocycles. The number of fused-ring (bicyclic) bond motifs is 1. The Morgan fingerprint density at radius 3 is 2.64 bits per heavy atom. The highest BCUT2D eigenvalue weighted by Gasteiger charge is 2.54. The molecule has 3 aliphatic heterocycles. The van der Waals surface area contributed by atoms with Crippen molar-refractivity contribution in [1.29, 1.82) is 0 Å². The van der Waals surface area contributed by atoms with E-state index in [1.165, 1.54) is 35.0 Å². The van der Waals surface area contributed by atoms with Gasteiger partial charge in [-0.25, -0.2) is 13.8 Å². The molecule has 2 fully saturated rings. The number of piperidine rings is 1. The lowest BCUT2D eigenvalue weighted by atomic mass is 9.79. The second-order valence-electron chi connectivity index (χ2n) is 10.4. The van der Waals surface area contributed by atoms with Crippen molar-refractivity contribution in [1.82, 2.24) is 14.9 Å². The number of hydrazine groups is 1. The van der Waals surface area contributed by atoms with Gasteiger partial charge < -0.3 is 15.1 Å². The van der Waals surface area contributed by atoms with Gasteiger partial charge in [-0.2, -0.15) is 13.2 Å². The van der Waals surface area contributed by atoms with Gasteiger partial charge >= 0.3 is 6.18 Å². The fraction of sp³-hybridized carbons (Fsp3) is 0.481. The molecule has 1 aromatic heterocycles. The molecule has 0 aliphatic carbocycles. The predicted molar refractivity (Wildman–Crippen MR) is 129 cm³/mol. The molecule has 2 amide bonds. The van der Waals surface area contributed by atoms with Crippen molar-refractivity contribution in [3.05, 3.63) is 69.8 Å². The molecule has 0 radical (unpaired) electrons. The Morgan fingerprint density at radius 1 is 1.21 bits per heavy atom. The molecule has 2 aromatic rings. The number of halogens is 5. The Hall–Kier alpha value is -3.41. The third-order valence-electron chi connectivity index (χ3n) is 7.99. The molecular weight excluding hydrogens is 523 g/mol. The number of nitrogens with zero attached hydrogens (tertiary/aromatic N) is 3. The van der Waals surface area contributed by atoms with Gasteiger partial charge in [0.2, 0.25) is 5.76 Å². The smallest absolute Gasteiger partial charge is 0.449 e. The van der Waals surface area contributed by atoms with E-state index in [0.717, 1.165) is 18.9 Å². The maximum atomic E-state index is 14.6. The second kappa shape index (κ2) is 9.65. The number of alkyl halides is 3. The standard InChI is InChI=1S/C27H29F5N4O3/c1-3-26-9-4-5-10-36(26)35(13-16-7-6-8-19(28)21(16)29)25(38)20(22(26)33)24(37)34-14-18(34)12-17-11-15(2)39-23(17)27(30,31)32/h6-8,11,18H,3-5,9-10,12-14,33H2,1-2H3. The lowest BCUT2D eigenvalue weighted by Gasteiger charge is -2.54. The Morgan fingerprint density at radius 2 is 1.95 bits per heavy atom. The van der Waals surface area contributed by atoms with Crippen molar-refractivity contribution in [3.63, 3.8) is 0 Å². The fourth-order valence-corrected chi connectivity index (χ4v) is 5.94. The summed E-state index contributed by atoms with van der Waals surface area (Å²) >= 11 is 0. The summed E-state index contributed by atoms with van der Waals surface area (Å²) in [6.07, 6.45) is -2.23. The van der Waals surface area contributed by atoms with Crippen molar-refractivity contribution in [2.45, 2.75) is 70.3 Å². The summed E-state index contributed by atoms with van der Waals surface area (Å²) < 4.78 is 73.6. The SMILES string of the molecule is CCC12CCCCN1N(Cc1cccc(F)c1F)C(=O)C(C(=O)N1CC1Cc1cc(C)oc1C(F)(F)F)=C2N. The molecule has 3 aliphatic rings. The van der Waals surface area contributed by atoms with E-state index in [0.29, 0.717) is 19.4 Å². The van der Waals surface area contributed by atoms with Crippen LogP contribution in [0.25, 0.3) is 0 Å². The minimum Gasteiger partial charge on any atom is -0.457 e. The lowest BCUT2D eigenvalue weighted by molar-refractivity contribution is -0.171. The van der Waals surface area contributed by atoms with E-state index in [-0.39, 0.29) is 47.7 Å². The highest BCUT2D eigenvalue weighted by atomic mass is 19.4. The number of carbonyl (C=O) groups excluding carboxylic acids is 2. The zero-order chi connectivity index (χ0) is 28.3. The quantitative estimate of drug-likeness (QED) is 0.326. The van der Waals surface area contributed by atoms with Gasteiger partial charge in [0.15, 0.2) is 11.6 Å². The first-order valence-electron chi connectivity index (χ1n) is 12.9. The van der Waals surface area contributed by atoms with Crippen LogP contribution in [0.1, 0.15) is 55.3 Å². The van der Waals surface area contributed by atoms with Crippen LogP contribution in [-0.2, 0) is 28.7 Å². The van der Waals surface area contributed by atoms with Crippen LogP contribution in [0.5, 0.6) is 0 Å². The monoisotopic (exact) mass is 552 g/mol. The van der Waals surface area contributed by atoms with Gasteiger partial charge in [-0.05, 0) is 51.2 Å². The first-order chi connectivity index (χ1) is 18.4. The zero-order valence-corrected chi connectivity index (χ0v) is 21.6. The van der Waals surface area contributed by atoms with Gasteiger partial charge in [0.05, 0.1) is 18.1 Å². The molecule has 2 atom stereocenters. The van der Waals surface area contributed by atoms with E-state index < -0.39 is 47.0 Å². The number of carbonyl (C=O) groups is 2. The van der Waals surface area contributed by atoms with Crippen LogP contribution in [0.3, 0.4) is 0 Å². The summed E-state index contributed by atoms with van der Waals surface area (Å²) in [5.41, 5.74) is 5.42. The Kier molecular flexibility index (Phi) is 6.72. The molecule has 2 saturated heterocycles.